The van der Waals surface area contributed by atoms with Crippen molar-refractivity contribution in [1.29, 1.82) is 0 Å². The molecule has 2 aromatic carbocycles. The summed E-state index contributed by atoms with van der Waals surface area (Å²) in [7, 11) is 1.73. The lowest BCUT2D eigenvalue weighted by atomic mass is 10.0. The van der Waals surface area contributed by atoms with E-state index >= 15 is 0 Å². The van der Waals surface area contributed by atoms with Gasteiger partial charge >= 0.3 is 5.97 Å². The van der Waals surface area contributed by atoms with Crippen molar-refractivity contribution in [2.75, 3.05) is 20.3 Å². The Morgan fingerprint density at radius 1 is 0.885 bits per heavy atom. The molecule has 0 heterocycles. The second-order valence-corrected chi connectivity index (χ2v) is 6.07. The number of aliphatic carboxylic acids is 1. The van der Waals surface area contributed by atoms with Gasteiger partial charge in [-0.2, -0.15) is 0 Å². The molecule has 0 aromatic heterocycles. The van der Waals surface area contributed by atoms with Gasteiger partial charge in [0.05, 0.1) is 6.61 Å². The number of carboxylic acids is 1. The van der Waals surface area contributed by atoms with E-state index in [0.29, 0.717) is 0 Å². The zero-order valence-electron chi connectivity index (χ0n) is 15.2. The van der Waals surface area contributed by atoms with Crippen LogP contribution in [0.2, 0.25) is 0 Å². The average molecular weight is 354 g/mol. The Balaban J connectivity index is 1.80. The molecule has 26 heavy (non-hydrogen) atoms. The van der Waals surface area contributed by atoms with Crippen molar-refractivity contribution >= 4 is 12.0 Å². The number of carboxylic acid groups (broad SMARTS) is 1. The maximum absolute atomic E-state index is 10.5. The van der Waals surface area contributed by atoms with Gasteiger partial charge in [-0.05, 0) is 54.2 Å². The molecule has 1 N–H and O–H groups in total. The minimum Gasteiger partial charge on any atom is -0.494 e. The fourth-order valence-electron chi connectivity index (χ4n) is 2.59. The van der Waals surface area contributed by atoms with Gasteiger partial charge in [0.1, 0.15) is 5.75 Å². The quantitative estimate of drug-likeness (QED) is 0.454. The van der Waals surface area contributed by atoms with E-state index in [1.165, 1.54) is 6.42 Å². The number of benzene rings is 2. The largest absolute Gasteiger partial charge is 0.494 e. The van der Waals surface area contributed by atoms with Crippen LogP contribution >= 0.6 is 0 Å². The number of unbranched alkanes of at least 4 members (excludes halogenated alkanes) is 3. The SMILES string of the molecule is COCCCCCCOc1ccc(-c2ccc(C=CC(=O)O)cc2)cc1. The summed E-state index contributed by atoms with van der Waals surface area (Å²) in [6.45, 7) is 1.57. The molecule has 0 fully saturated rings. The van der Waals surface area contributed by atoms with E-state index in [0.717, 1.165) is 61.0 Å². The first-order valence-corrected chi connectivity index (χ1v) is 8.92. The molecule has 138 valence electrons. The van der Waals surface area contributed by atoms with E-state index in [9.17, 15) is 4.79 Å². The van der Waals surface area contributed by atoms with Crippen LogP contribution in [0.5, 0.6) is 5.75 Å². The number of hydrogen-bond donors (Lipinski definition) is 1. The standard InChI is InChI=1S/C22H26O4/c1-25-16-4-2-3-5-17-26-21-13-11-20(12-14-21)19-9-6-18(7-10-19)8-15-22(23)24/h6-15H,2-5,16-17H2,1H3,(H,23,24). The fraction of sp³-hybridized carbons (Fsp3) is 0.318. The number of rotatable bonds is 11. The first-order valence-electron chi connectivity index (χ1n) is 8.92. The third kappa shape index (κ3) is 7.11. The predicted molar refractivity (Wildman–Crippen MR) is 104 cm³/mol. The van der Waals surface area contributed by atoms with E-state index in [-0.39, 0.29) is 0 Å². The van der Waals surface area contributed by atoms with Crippen molar-refractivity contribution in [3.63, 3.8) is 0 Å². The molecule has 0 saturated heterocycles. The number of ether oxygens (including phenoxy) is 2. The van der Waals surface area contributed by atoms with Crippen LogP contribution in [0.3, 0.4) is 0 Å². The highest BCUT2D eigenvalue weighted by atomic mass is 16.5. The second-order valence-electron chi connectivity index (χ2n) is 6.07. The third-order valence-corrected chi connectivity index (χ3v) is 4.03. The highest BCUT2D eigenvalue weighted by Gasteiger charge is 2.00. The minimum absolute atomic E-state index is 0.733. The molecule has 4 nitrogen and oxygen atoms in total. The molecule has 0 saturated carbocycles. The monoisotopic (exact) mass is 354 g/mol. The van der Waals surface area contributed by atoms with Gasteiger partial charge in [0.15, 0.2) is 0 Å². The van der Waals surface area contributed by atoms with E-state index in [1.807, 2.05) is 48.5 Å². The molecule has 4 heteroatoms. The molecule has 0 aliphatic rings. The van der Waals surface area contributed by atoms with Gasteiger partial charge in [-0.3, -0.25) is 0 Å². The van der Waals surface area contributed by atoms with Gasteiger partial charge in [-0.25, -0.2) is 4.79 Å². The van der Waals surface area contributed by atoms with Crippen molar-refractivity contribution in [3.05, 3.63) is 60.2 Å². The van der Waals surface area contributed by atoms with Gasteiger partial charge in [0, 0.05) is 19.8 Å². The highest BCUT2D eigenvalue weighted by Crippen LogP contribution is 2.23. The van der Waals surface area contributed by atoms with E-state index in [2.05, 4.69) is 0 Å². The molecule has 0 aliphatic heterocycles. The molecule has 0 atom stereocenters. The van der Waals surface area contributed by atoms with Crippen molar-refractivity contribution < 1.29 is 19.4 Å². The van der Waals surface area contributed by atoms with Crippen molar-refractivity contribution in [2.45, 2.75) is 25.7 Å². The molecule has 0 spiro atoms. The third-order valence-electron chi connectivity index (χ3n) is 4.03. The lowest BCUT2D eigenvalue weighted by Gasteiger charge is -2.08. The summed E-state index contributed by atoms with van der Waals surface area (Å²) in [6, 6.07) is 15.8. The minimum atomic E-state index is -0.945. The summed E-state index contributed by atoms with van der Waals surface area (Å²) in [5.74, 6) is -0.0636. The smallest absolute Gasteiger partial charge is 0.328 e. The molecule has 0 aliphatic carbocycles. The second kappa shape index (κ2) is 11.1. The van der Waals surface area contributed by atoms with Crippen molar-refractivity contribution in [2.24, 2.45) is 0 Å². The number of hydrogen-bond acceptors (Lipinski definition) is 3. The summed E-state index contributed by atoms with van der Waals surface area (Å²) < 4.78 is 10.8. The Kier molecular flexibility index (Phi) is 8.43. The average Bonchev–Trinajstić information content (AvgIpc) is 2.66. The Hall–Kier alpha value is -2.59. The van der Waals surface area contributed by atoms with Gasteiger partial charge < -0.3 is 14.6 Å². The van der Waals surface area contributed by atoms with Crippen LogP contribution < -0.4 is 4.74 Å². The van der Waals surface area contributed by atoms with E-state index in [4.69, 9.17) is 14.6 Å². The summed E-state index contributed by atoms with van der Waals surface area (Å²) in [5.41, 5.74) is 3.05. The van der Waals surface area contributed by atoms with Crippen LogP contribution in [0.1, 0.15) is 31.2 Å². The number of methoxy groups -OCH3 is 1. The van der Waals surface area contributed by atoms with Crippen molar-refractivity contribution in [1.82, 2.24) is 0 Å². The Labute approximate surface area is 155 Å². The molecular formula is C22H26O4. The van der Waals surface area contributed by atoms with Gasteiger partial charge in [0.25, 0.3) is 0 Å². The maximum Gasteiger partial charge on any atom is 0.328 e. The van der Waals surface area contributed by atoms with Crippen LogP contribution in [0.25, 0.3) is 17.2 Å². The van der Waals surface area contributed by atoms with E-state index in [1.54, 1.807) is 13.2 Å². The summed E-state index contributed by atoms with van der Waals surface area (Å²) in [6.07, 6.45) is 7.21. The highest BCUT2D eigenvalue weighted by molar-refractivity contribution is 5.85. The Morgan fingerprint density at radius 2 is 1.46 bits per heavy atom. The summed E-state index contributed by atoms with van der Waals surface area (Å²) in [4.78, 5) is 10.5. The Bertz CT molecular complexity index is 687. The Morgan fingerprint density at radius 3 is 2.04 bits per heavy atom. The van der Waals surface area contributed by atoms with Gasteiger partial charge in [-0.15, -0.1) is 0 Å². The maximum atomic E-state index is 10.5. The molecule has 2 rings (SSSR count). The number of carbonyl (C=O) groups is 1. The van der Waals surface area contributed by atoms with Crippen LogP contribution in [-0.4, -0.2) is 31.4 Å². The first kappa shape index (κ1) is 19.7. The molecule has 2 aromatic rings. The lowest BCUT2D eigenvalue weighted by Crippen LogP contribution is -1.97. The molecule has 0 amide bonds. The fourth-order valence-corrected chi connectivity index (χ4v) is 2.59. The first-order chi connectivity index (χ1) is 12.7. The molecule has 0 bridgehead atoms. The molecule has 0 unspecified atom stereocenters. The predicted octanol–water partition coefficient (Wildman–Crippen LogP) is 5.04. The zero-order valence-corrected chi connectivity index (χ0v) is 15.2. The lowest BCUT2D eigenvalue weighted by molar-refractivity contribution is -0.131. The van der Waals surface area contributed by atoms with Crippen LogP contribution in [-0.2, 0) is 9.53 Å². The zero-order chi connectivity index (χ0) is 18.6. The van der Waals surface area contributed by atoms with Gasteiger partial charge in [-0.1, -0.05) is 42.8 Å². The van der Waals surface area contributed by atoms with Crippen LogP contribution in [0, 0.1) is 0 Å². The van der Waals surface area contributed by atoms with E-state index < -0.39 is 5.97 Å². The normalized spacial score (nSPS) is 11.0. The summed E-state index contributed by atoms with van der Waals surface area (Å²) in [5, 5.41) is 8.66. The molecular weight excluding hydrogens is 328 g/mol. The van der Waals surface area contributed by atoms with Crippen LogP contribution in [0.4, 0.5) is 0 Å². The topological polar surface area (TPSA) is 55.8 Å². The summed E-state index contributed by atoms with van der Waals surface area (Å²) >= 11 is 0. The van der Waals surface area contributed by atoms with Crippen LogP contribution in [0.15, 0.2) is 54.6 Å². The van der Waals surface area contributed by atoms with Gasteiger partial charge in [0.2, 0.25) is 0 Å². The molecule has 0 radical (unpaired) electrons. The van der Waals surface area contributed by atoms with Crippen molar-refractivity contribution in [3.8, 4) is 16.9 Å².